The number of para-hydroxylation sites is 1. The third-order valence-electron chi connectivity index (χ3n) is 6.42. The maximum atomic E-state index is 13.7. The van der Waals surface area contributed by atoms with E-state index in [1.165, 1.54) is 4.90 Å². The summed E-state index contributed by atoms with van der Waals surface area (Å²) in [5.74, 6) is 0.397. The molecule has 0 radical (unpaired) electrons. The van der Waals surface area contributed by atoms with Gasteiger partial charge in [-0.15, -0.1) is 0 Å². The number of amides is 2. The summed E-state index contributed by atoms with van der Waals surface area (Å²) in [5, 5.41) is 2.92. The molecular weight excluding hydrogens is 514 g/mol. The van der Waals surface area contributed by atoms with E-state index < -0.39 is 28.5 Å². The first-order chi connectivity index (χ1) is 18.5. The van der Waals surface area contributed by atoms with E-state index >= 15 is 0 Å². The first-order valence-corrected chi connectivity index (χ1v) is 14.8. The van der Waals surface area contributed by atoms with E-state index in [9.17, 15) is 18.0 Å². The molecule has 0 fully saturated rings. The topological polar surface area (TPSA) is 96.0 Å². The zero-order valence-corrected chi connectivity index (χ0v) is 23.9. The van der Waals surface area contributed by atoms with Crippen molar-refractivity contribution in [3.63, 3.8) is 0 Å². The minimum atomic E-state index is -3.82. The van der Waals surface area contributed by atoms with E-state index in [0.29, 0.717) is 17.2 Å². The molecule has 3 rings (SSSR count). The number of carbonyl (C=O) groups excluding carboxylic acids is 2. The standard InChI is InChI=1S/C30H37N3O5S/c1-6-23(3)31-30(35)24(4)32(20-25-14-12-22(2)13-15-25)29(34)21-33(39(5,36)37)26-16-18-28(19-17-26)38-27-10-8-7-9-11-27/h7-19,23-24H,6,20-21H2,1-5H3,(H,31,35). The molecule has 0 heterocycles. The summed E-state index contributed by atoms with van der Waals surface area (Å²) < 4.78 is 32.4. The van der Waals surface area contributed by atoms with Gasteiger partial charge in [0.1, 0.15) is 24.1 Å². The van der Waals surface area contributed by atoms with Crippen LogP contribution in [0.5, 0.6) is 11.5 Å². The Hall–Kier alpha value is -3.85. The first kappa shape index (κ1) is 29.7. The fraction of sp³-hybridized carbons (Fsp3) is 0.333. The lowest BCUT2D eigenvalue weighted by molar-refractivity contribution is -0.139. The van der Waals surface area contributed by atoms with Crippen LogP contribution in [0, 0.1) is 6.92 Å². The number of hydrogen-bond donors (Lipinski definition) is 1. The number of aryl methyl sites for hydroxylation is 1. The molecule has 0 bridgehead atoms. The van der Waals surface area contributed by atoms with E-state index in [1.807, 2.05) is 75.4 Å². The van der Waals surface area contributed by atoms with Crippen molar-refractivity contribution in [1.82, 2.24) is 10.2 Å². The molecule has 0 saturated carbocycles. The van der Waals surface area contributed by atoms with Gasteiger partial charge in [-0.3, -0.25) is 13.9 Å². The molecule has 0 saturated heterocycles. The van der Waals surface area contributed by atoms with Gasteiger partial charge in [0.15, 0.2) is 0 Å². The lowest BCUT2D eigenvalue weighted by Crippen LogP contribution is -2.52. The number of carbonyl (C=O) groups is 2. The Morgan fingerprint density at radius 3 is 2.05 bits per heavy atom. The third-order valence-corrected chi connectivity index (χ3v) is 7.57. The molecule has 0 aliphatic heterocycles. The zero-order chi connectivity index (χ0) is 28.6. The molecule has 3 aromatic rings. The van der Waals surface area contributed by atoms with Gasteiger partial charge in [0, 0.05) is 12.6 Å². The number of anilines is 1. The van der Waals surface area contributed by atoms with E-state index in [-0.39, 0.29) is 18.5 Å². The molecular formula is C30H37N3O5S. The molecule has 3 aromatic carbocycles. The predicted octanol–water partition coefficient (Wildman–Crippen LogP) is 4.89. The maximum Gasteiger partial charge on any atom is 0.244 e. The SMILES string of the molecule is CCC(C)NC(=O)C(C)N(Cc1ccc(C)cc1)C(=O)CN(c1ccc(Oc2ccccc2)cc1)S(C)(=O)=O. The second kappa shape index (κ2) is 13.3. The van der Waals surface area contributed by atoms with Gasteiger partial charge < -0.3 is 15.0 Å². The van der Waals surface area contributed by atoms with Crippen LogP contribution in [0.2, 0.25) is 0 Å². The Balaban J connectivity index is 1.85. The number of nitrogens with zero attached hydrogens (tertiary/aromatic N) is 2. The van der Waals surface area contributed by atoms with Crippen LogP contribution in [0.1, 0.15) is 38.3 Å². The normalized spacial score (nSPS) is 12.7. The molecule has 2 amide bonds. The highest BCUT2D eigenvalue weighted by Crippen LogP contribution is 2.26. The van der Waals surface area contributed by atoms with E-state index in [0.717, 1.165) is 28.1 Å². The fourth-order valence-electron chi connectivity index (χ4n) is 3.86. The van der Waals surface area contributed by atoms with Crippen molar-refractivity contribution in [3.05, 3.63) is 90.0 Å². The average Bonchev–Trinajstić information content (AvgIpc) is 2.91. The highest BCUT2D eigenvalue weighted by Gasteiger charge is 2.30. The van der Waals surface area contributed by atoms with E-state index in [4.69, 9.17) is 4.74 Å². The van der Waals surface area contributed by atoms with Crippen LogP contribution in [-0.4, -0.2) is 50.0 Å². The molecule has 0 aliphatic rings. The van der Waals surface area contributed by atoms with Crippen LogP contribution in [0.15, 0.2) is 78.9 Å². The van der Waals surface area contributed by atoms with Gasteiger partial charge in [-0.1, -0.05) is 55.0 Å². The van der Waals surface area contributed by atoms with Crippen molar-refractivity contribution in [1.29, 1.82) is 0 Å². The molecule has 0 aromatic heterocycles. The Morgan fingerprint density at radius 2 is 1.49 bits per heavy atom. The van der Waals surface area contributed by atoms with Crippen LogP contribution < -0.4 is 14.4 Å². The Morgan fingerprint density at radius 1 is 0.897 bits per heavy atom. The third kappa shape index (κ3) is 8.58. The molecule has 208 valence electrons. The van der Waals surface area contributed by atoms with Crippen molar-refractivity contribution in [2.45, 2.75) is 52.7 Å². The van der Waals surface area contributed by atoms with Crippen molar-refractivity contribution in [2.24, 2.45) is 0 Å². The molecule has 2 unspecified atom stereocenters. The maximum absolute atomic E-state index is 13.7. The molecule has 0 spiro atoms. The number of hydrogen-bond acceptors (Lipinski definition) is 5. The Kier molecular flexibility index (Phi) is 10.1. The van der Waals surface area contributed by atoms with Gasteiger partial charge >= 0.3 is 0 Å². The number of rotatable bonds is 12. The number of ether oxygens (including phenoxy) is 1. The van der Waals surface area contributed by atoms with Gasteiger partial charge in [-0.2, -0.15) is 0 Å². The van der Waals surface area contributed by atoms with Crippen LogP contribution in [0.4, 0.5) is 5.69 Å². The van der Waals surface area contributed by atoms with Crippen LogP contribution in [-0.2, 0) is 26.2 Å². The smallest absolute Gasteiger partial charge is 0.244 e. The molecule has 39 heavy (non-hydrogen) atoms. The summed E-state index contributed by atoms with van der Waals surface area (Å²) in [6, 6.07) is 22.5. The van der Waals surface area contributed by atoms with Crippen molar-refractivity contribution in [3.8, 4) is 11.5 Å². The molecule has 0 aliphatic carbocycles. The van der Waals surface area contributed by atoms with Crippen molar-refractivity contribution >= 4 is 27.5 Å². The molecule has 1 N–H and O–H groups in total. The van der Waals surface area contributed by atoms with Crippen LogP contribution in [0.3, 0.4) is 0 Å². The minimum Gasteiger partial charge on any atom is -0.457 e. The van der Waals surface area contributed by atoms with Crippen LogP contribution >= 0.6 is 0 Å². The van der Waals surface area contributed by atoms with Gasteiger partial charge in [0.05, 0.1) is 11.9 Å². The highest BCUT2D eigenvalue weighted by atomic mass is 32.2. The molecule has 9 heteroatoms. The quantitative estimate of drug-likeness (QED) is 0.346. The second-order valence-electron chi connectivity index (χ2n) is 9.68. The predicted molar refractivity (Wildman–Crippen MR) is 154 cm³/mol. The number of benzene rings is 3. The fourth-order valence-corrected chi connectivity index (χ4v) is 4.71. The molecule has 8 nitrogen and oxygen atoms in total. The summed E-state index contributed by atoms with van der Waals surface area (Å²) in [6.07, 6.45) is 1.80. The largest absolute Gasteiger partial charge is 0.457 e. The summed E-state index contributed by atoms with van der Waals surface area (Å²) >= 11 is 0. The summed E-state index contributed by atoms with van der Waals surface area (Å²) in [5.41, 5.74) is 2.23. The first-order valence-electron chi connectivity index (χ1n) is 12.9. The summed E-state index contributed by atoms with van der Waals surface area (Å²) in [4.78, 5) is 28.1. The van der Waals surface area contributed by atoms with Gasteiger partial charge in [-0.25, -0.2) is 8.42 Å². The lowest BCUT2D eigenvalue weighted by atomic mass is 10.1. The van der Waals surface area contributed by atoms with Gasteiger partial charge in [0.2, 0.25) is 21.8 Å². The van der Waals surface area contributed by atoms with Crippen LogP contribution in [0.25, 0.3) is 0 Å². The monoisotopic (exact) mass is 551 g/mol. The minimum absolute atomic E-state index is 0.0552. The second-order valence-corrected chi connectivity index (χ2v) is 11.6. The highest BCUT2D eigenvalue weighted by molar-refractivity contribution is 7.92. The average molecular weight is 552 g/mol. The van der Waals surface area contributed by atoms with E-state index in [2.05, 4.69) is 5.32 Å². The summed E-state index contributed by atoms with van der Waals surface area (Å²) in [6.45, 7) is 7.19. The van der Waals surface area contributed by atoms with Gasteiger partial charge in [-0.05, 0) is 69.2 Å². The Labute approximate surface area is 231 Å². The Bertz CT molecular complexity index is 1340. The van der Waals surface area contributed by atoms with Gasteiger partial charge in [0.25, 0.3) is 0 Å². The number of nitrogens with one attached hydrogen (secondary N) is 1. The lowest BCUT2D eigenvalue weighted by Gasteiger charge is -2.32. The zero-order valence-electron chi connectivity index (χ0n) is 23.1. The molecule has 2 atom stereocenters. The van der Waals surface area contributed by atoms with E-state index in [1.54, 1.807) is 31.2 Å². The summed E-state index contributed by atoms with van der Waals surface area (Å²) in [7, 11) is -3.82. The van der Waals surface area contributed by atoms with Crippen molar-refractivity contribution in [2.75, 3.05) is 17.1 Å². The van der Waals surface area contributed by atoms with Crippen molar-refractivity contribution < 1.29 is 22.7 Å². The number of sulfonamides is 1.